The number of nitrogens with one attached hydrogen (secondary N) is 1. The highest BCUT2D eigenvalue weighted by atomic mass is 35.5. The predicted molar refractivity (Wildman–Crippen MR) is 119 cm³/mol. The molecule has 2 atom stereocenters. The van der Waals surface area contributed by atoms with E-state index in [0.717, 1.165) is 29.7 Å². The monoisotopic (exact) mass is 414 g/mol. The van der Waals surface area contributed by atoms with E-state index in [4.69, 9.17) is 10.5 Å². The maximum Gasteiger partial charge on any atom is 0.227 e. The molecular formula is C24H31ClN2O2. The number of para-hydroxylation sites is 1. The number of nitrogens with two attached hydrogens (primary N) is 1. The van der Waals surface area contributed by atoms with Crippen LogP contribution in [0.15, 0.2) is 54.6 Å². The summed E-state index contributed by atoms with van der Waals surface area (Å²) in [6, 6.07) is 18.4. The molecule has 1 amide bonds. The fourth-order valence-corrected chi connectivity index (χ4v) is 4.86. The van der Waals surface area contributed by atoms with E-state index in [1.165, 1.54) is 19.3 Å². The van der Waals surface area contributed by atoms with Gasteiger partial charge in [0.1, 0.15) is 0 Å². The molecule has 4 nitrogen and oxygen atoms in total. The Bertz CT molecular complexity index is 784. The van der Waals surface area contributed by atoms with E-state index in [9.17, 15) is 4.79 Å². The Morgan fingerprint density at radius 3 is 2.34 bits per heavy atom. The summed E-state index contributed by atoms with van der Waals surface area (Å²) < 4.78 is 5.88. The second-order valence-corrected chi connectivity index (χ2v) is 8.32. The van der Waals surface area contributed by atoms with Crippen molar-refractivity contribution in [3.05, 3.63) is 65.7 Å². The van der Waals surface area contributed by atoms with Crippen molar-refractivity contribution in [1.82, 2.24) is 0 Å². The number of halogens is 1. The van der Waals surface area contributed by atoms with Crippen LogP contribution in [0.3, 0.4) is 0 Å². The van der Waals surface area contributed by atoms with Crippen LogP contribution < -0.4 is 11.1 Å². The maximum absolute atomic E-state index is 13.0. The zero-order valence-electron chi connectivity index (χ0n) is 16.8. The first-order chi connectivity index (χ1) is 13.7. The number of benzene rings is 2. The van der Waals surface area contributed by atoms with Gasteiger partial charge in [0.2, 0.25) is 5.91 Å². The lowest BCUT2D eigenvalue weighted by Gasteiger charge is -2.43. The van der Waals surface area contributed by atoms with Crippen molar-refractivity contribution >= 4 is 24.0 Å². The molecule has 156 valence electrons. The quantitative estimate of drug-likeness (QED) is 0.705. The van der Waals surface area contributed by atoms with Crippen LogP contribution in [0.2, 0.25) is 0 Å². The van der Waals surface area contributed by atoms with Gasteiger partial charge in [0.15, 0.2) is 0 Å². The van der Waals surface area contributed by atoms with E-state index < -0.39 is 0 Å². The summed E-state index contributed by atoms with van der Waals surface area (Å²) in [7, 11) is 0. The largest absolute Gasteiger partial charge is 0.372 e. The van der Waals surface area contributed by atoms with Crippen LogP contribution in [0.25, 0.3) is 0 Å². The SMILES string of the molecule is Cl.NC1C2CCCC1CC(C(=O)Nc1ccccc1COCc1ccccc1)C2. The Morgan fingerprint density at radius 2 is 1.62 bits per heavy atom. The maximum atomic E-state index is 13.0. The van der Waals surface area contributed by atoms with Gasteiger partial charge in [0, 0.05) is 23.2 Å². The number of rotatable bonds is 6. The summed E-state index contributed by atoms with van der Waals surface area (Å²) in [6.45, 7) is 1.04. The number of anilines is 1. The minimum absolute atomic E-state index is 0. The van der Waals surface area contributed by atoms with Gasteiger partial charge in [0.25, 0.3) is 0 Å². The van der Waals surface area contributed by atoms with Crippen LogP contribution in [0.4, 0.5) is 5.69 Å². The standard InChI is InChI=1S/C24H30N2O2.ClH/c25-23-18-10-6-11-19(23)14-21(13-18)24(27)26-22-12-5-4-9-20(22)16-28-15-17-7-2-1-3-8-17;/h1-5,7-9,12,18-19,21,23H,6,10-11,13-16,25H2,(H,26,27);1H. The second-order valence-electron chi connectivity index (χ2n) is 8.32. The molecule has 2 unspecified atom stereocenters. The average Bonchev–Trinajstić information content (AvgIpc) is 2.70. The fourth-order valence-electron chi connectivity index (χ4n) is 4.86. The third kappa shape index (κ3) is 5.39. The molecule has 0 saturated heterocycles. The van der Waals surface area contributed by atoms with Crippen LogP contribution in [0.5, 0.6) is 0 Å². The molecule has 2 fully saturated rings. The Morgan fingerprint density at radius 1 is 0.966 bits per heavy atom. The molecule has 0 spiro atoms. The first-order valence-corrected chi connectivity index (χ1v) is 10.5. The van der Waals surface area contributed by atoms with Crippen LogP contribution >= 0.6 is 12.4 Å². The Hall–Kier alpha value is -1.88. The second kappa shape index (κ2) is 10.2. The van der Waals surface area contributed by atoms with E-state index >= 15 is 0 Å². The number of carbonyl (C=O) groups excluding carboxylic acids is 1. The number of hydrogen-bond acceptors (Lipinski definition) is 3. The van der Waals surface area contributed by atoms with Crippen molar-refractivity contribution in [3.63, 3.8) is 0 Å². The summed E-state index contributed by atoms with van der Waals surface area (Å²) in [4.78, 5) is 13.0. The summed E-state index contributed by atoms with van der Waals surface area (Å²) in [6.07, 6.45) is 5.46. The lowest BCUT2D eigenvalue weighted by atomic mass is 9.65. The van der Waals surface area contributed by atoms with E-state index in [2.05, 4.69) is 17.4 Å². The van der Waals surface area contributed by atoms with Crippen molar-refractivity contribution in [2.24, 2.45) is 23.5 Å². The van der Waals surface area contributed by atoms with Gasteiger partial charge in [-0.25, -0.2) is 0 Å². The molecule has 2 aliphatic carbocycles. The molecule has 0 aromatic heterocycles. The predicted octanol–water partition coefficient (Wildman–Crippen LogP) is 4.92. The summed E-state index contributed by atoms with van der Waals surface area (Å²) >= 11 is 0. The molecule has 2 aromatic rings. The van der Waals surface area contributed by atoms with Crippen LogP contribution in [0.1, 0.15) is 43.2 Å². The Kier molecular flexibility index (Phi) is 7.70. The molecule has 2 aliphatic rings. The molecule has 2 bridgehead atoms. The molecule has 29 heavy (non-hydrogen) atoms. The number of fused-ring (bicyclic) bond motifs is 2. The number of hydrogen-bond donors (Lipinski definition) is 2. The van der Waals surface area contributed by atoms with Crippen molar-refractivity contribution < 1.29 is 9.53 Å². The number of ether oxygens (including phenoxy) is 1. The lowest BCUT2D eigenvalue weighted by Crippen LogP contribution is -2.48. The molecule has 0 aliphatic heterocycles. The molecule has 0 radical (unpaired) electrons. The van der Waals surface area contributed by atoms with E-state index in [0.29, 0.717) is 25.0 Å². The van der Waals surface area contributed by atoms with E-state index in [1.54, 1.807) is 0 Å². The van der Waals surface area contributed by atoms with Crippen molar-refractivity contribution in [2.45, 2.75) is 51.4 Å². The zero-order chi connectivity index (χ0) is 19.3. The molecule has 2 aromatic carbocycles. The summed E-state index contributed by atoms with van der Waals surface area (Å²) in [5, 5.41) is 3.17. The summed E-state index contributed by atoms with van der Waals surface area (Å²) in [5.74, 6) is 1.23. The van der Waals surface area contributed by atoms with Gasteiger partial charge in [-0.3, -0.25) is 4.79 Å². The van der Waals surface area contributed by atoms with Crippen LogP contribution in [-0.4, -0.2) is 11.9 Å². The van der Waals surface area contributed by atoms with Gasteiger partial charge < -0.3 is 15.8 Å². The Balaban J connectivity index is 0.00000240. The first kappa shape index (κ1) is 21.8. The average molecular weight is 415 g/mol. The molecule has 4 rings (SSSR count). The highest BCUT2D eigenvalue weighted by Gasteiger charge is 2.40. The zero-order valence-corrected chi connectivity index (χ0v) is 17.6. The van der Waals surface area contributed by atoms with Gasteiger partial charge in [-0.15, -0.1) is 12.4 Å². The van der Waals surface area contributed by atoms with Gasteiger partial charge in [-0.2, -0.15) is 0 Å². The van der Waals surface area contributed by atoms with Gasteiger partial charge in [0.05, 0.1) is 13.2 Å². The number of amides is 1. The molecule has 3 N–H and O–H groups in total. The third-order valence-corrected chi connectivity index (χ3v) is 6.43. The molecule has 0 heterocycles. The minimum atomic E-state index is 0. The van der Waals surface area contributed by atoms with Gasteiger partial charge in [-0.1, -0.05) is 55.0 Å². The van der Waals surface area contributed by atoms with Crippen molar-refractivity contribution in [3.8, 4) is 0 Å². The lowest BCUT2D eigenvalue weighted by molar-refractivity contribution is -0.122. The van der Waals surface area contributed by atoms with E-state index in [-0.39, 0.29) is 30.3 Å². The minimum Gasteiger partial charge on any atom is -0.372 e. The fraction of sp³-hybridized carbons (Fsp3) is 0.458. The molecule has 5 heteroatoms. The van der Waals surface area contributed by atoms with Crippen LogP contribution in [-0.2, 0) is 22.7 Å². The first-order valence-electron chi connectivity index (χ1n) is 10.5. The normalized spacial score (nSPS) is 25.7. The summed E-state index contributed by atoms with van der Waals surface area (Å²) in [5.41, 5.74) is 9.40. The van der Waals surface area contributed by atoms with Gasteiger partial charge >= 0.3 is 0 Å². The van der Waals surface area contributed by atoms with Crippen LogP contribution in [0, 0.1) is 17.8 Å². The highest BCUT2D eigenvalue weighted by Crippen LogP contribution is 2.42. The highest BCUT2D eigenvalue weighted by molar-refractivity contribution is 5.93. The van der Waals surface area contributed by atoms with E-state index in [1.807, 2.05) is 42.5 Å². The number of carbonyl (C=O) groups is 1. The Labute approximate surface area is 179 Å². The third-order valence-electron chi connectivity index (χ3n) is 6.43. The van der Waals surface area contributed by atoms with Crippen molar-refractivity contribution in [1.29, 1.82) is 0 Å². The van der Waals surface area contributed by atoms with Gasteiger partial charge in [-0.05, 0) is 49.1 Å². The smallest absolute Gasteiger partial charge is 0.227 e. The van der Waals surface area contributed by atoms with Crippen molar-refractivity contribution in [2.75, 3.05) is 5.32 Å². The molecule has 2 saturated carbocycles. The molecular weight excluding hydrogens is 384 g/mol. The topological polar surface area (TPSA) is 64.4 Å².